The van der Waals surface area contributed by atoms with E-state index in [4.69, 9.17) is 10.5 Å². The molecule has 0 radical (unpaired) electrons. The quantitative estimate of drug-likeness (QED) is 0.732. The number of rotatable bonds is 5. The number of methoxy groups -OCH3 is 1. The fraction of sp³-hybridized carbons (Fsp3) is 0.842. The third kappa shape index (κ3) is 4.75. The third-order valence-corrected chi connectivity index (χ3v) is 6.04. The van der Waals surface area contributed by atoms with Gasteiger partial charge in [0.2, 0.25) is 11.8 Å². The van der Waals surface area contributed by atoms with Gasteiger partial charge in [0.15, 0.2) is 0 Å². The number of ether oxygens (including phenoxy) is 1. The average molecular weight is 367 g/mol. The maximum Gasteiger partial charge on any atom is 0.308 e. The molecule has 2 heterocycles. The Morgan fingerprint density at radius 2 is 1.50 bits per heavy atom. The van der Waals surface area contributed by atoms with Crippen LogP contribution in [0.2, 0.25) is 0 Å². The summed E-state index contributed by atoms with van der Waals surface area (Å²) in [7, 11) is 1.40. The summed E-state index contributed by atoms with van der Waals surface area (Å²) in [6, 6.07) is -0.454. The van der Waals surface area contributed by atoms with Crippen LogP contribution < -0.4 is 5.73 Å². The molecule has 2 saturated heterocycles. The van der Waals surface area contributed by atoms with Crippen LogP contribution in [0.25, 0.3) is 0 Å². The Morgan fingerprint density at radius 1 is 1.00 bits per heavy atom. The van der Waals surface area contributed by atoms with Crippen LogP contribution in [0.15, 0.2) is 0 Å². The Balaban J connectivity index is 1.80. The molecule has 0 aromatic rings. The highest BCUT2D eigenvalue weighted by Gasteiger charge is 2.35. The summed E-state index contributed by atoms with van der Waals surface area (Å²) in [5.41, 5.74) is 6.06. The predicted molar refractivity (Wildman–Crippen MR) is 98.1 cm³/mol. The van der Waals surface area contributed by atoms with E-state index in [0.717, 1.165) is 6.42 Å². The first-order valence-electron chi connectivity index (χ1n) is 9.80. The Kier molecular flexibility index (Phi) is 7.43. The molecule has 26 heavy (non-hydrogen) atoms. The number of nitrogens with zero attached hydrogens (tertiary/aromatic N) is 2. The van der Waals surface area contributed by atoms with Gasteiger partial charge in [-0.1, -0.05) is 20.3 Å². The van der Waals surface area contributed by atoms with Crippen molar-refractivity contribution < 1.29 is 19.1 Å². The minimum atomic E-state index is -0.454. The summed E-state index contributed by atoms with van der Waals surface area (Å²) in [6.07, 6.45) is 3.59. The van der Waals surface area contributed by atoms with Crippen LogP contribution in [0.5, 0.6) is 0 Å². The topological polar surface area (TPSA) is 92.9 Å². The molecule has 1 unspecified atom stereocenters. The molecule has 2 aliphatic rings. The van der Waals surface area contributed by atoms with Gasteiger partial charge in [0.05, 0.1) is 19.1 Å². The average Bonchev–Trinajstić information content (AvgIpc) is 2.71. The van der Waals surface area contributed by atoms with Gasteiger partial charge in [-0.15, -0.1) is 0 Å². The number of esters is 1. The zero-order valence-electron chi connectivity index (χ0n) is 16.3. The minimum absolute atomic E-state index is 0.00383. The third-order valence-electron chi connectivity index (χ3n) is 6.04. The van der Waals surface area contributed by atoms with Gasteiger partial charge in [-0.3, -0.25) is 14.4 Å². The molecule has 2 rings (SSSR count). The number of piperidine rings is 2. The molecule has 148 valence electrons. The number of hydrogen-bond donors (Lipinski definition) is 1. The maximum atomic E-state index is 12.7. The van der Waals surface area contributed by atoms with Crippen LogP contribution in [0.4, 0.5) is 0 Å². The van der Waals surface area contributed by atoms with Gasteiger partial charge in [0.1, 0.15) is 0 Å². The second-order valence-corrected chi connectivity index (χ2v) is 7.63. The molecule has 2 N–H and O–H groups in total. The van der Waals surface area contributed by atoms with Crippen molar-refractivity contribution in [1.82, 2.24) is 9.80 Å². The number of carbonyl (C=O) groups excluding carboxylic acids is 3. The van der Waals surface area contributed by atoms with Crippen molar-refractivity contribution in [2.45, 2.75) is 52.0 Å². The molecule has 2 amide bonds. The van der Waals surface area contributed by atoms with Gasteiger partial charge >= 0.3 is 5.97 Å². The lowest BCUT2D eigenvalue weighted by atomic mass is 9.91. The van der Waals surface area contributed by atoms with Gasteiger partial charge in [0.25, 0.3) is 0 Å². The normalized spacial score (nSPS) is 22.0. The lowest BCUT2D eigenvalue weighted by Gasteiger charge is -2.37. The molecule has 2 atom stereocenters. The van der Waals surface area contributed by atoms with Crippen molar-refractivity contribution in [3.05, 3.63) is 0 Å². The zero-order valence-corrected chi connectivity index (χ0v) is 16.3. The number of amides is 2. The summed E-state index contributed by atoms with van der Waals surface area (Å²) in [5.74, 6) is 0.0226. The van der Waals surface area contributed by atoms with E-state index in [1.54, 1.807) is 0 Å². The van der Waals surface area contributed by atoms with Gasteiger partial charge in [-0.25, -0.2) is 0 Å². The molecule has 2 aliphatic heterocycles. The molecular formula is C19H33N3O4. The molecule has 7 nitrogen and oxygen atoms in total. The summed E-state index contributed by atoms with van der Waals surface area (Å²) in [5, 5.41) is 0. The van der Waals surface area contributed by atoms with Crippen LogP contribution in [0, 0.1) is 17.8 Å². The number of carbonyl (C=O) groups is 3. The van der Waals surface area contributed by atoms with Gasteiger partial charge in [-0.2, -0.15) is 0 Å². The smallest absolute Gasteiger partial charge is 0.308 e. The van der Waals surface area contributed by atoms with Crippen LogP contribution in [0.1, 0.15) is 46.0 Å². The highest BCUT2D eigenvalue weighted by molar-refractivity contribution is 5.83. The first-order valence-corrected chi connectivity index (χ1v) is 9.80. The van der Waals surface area contributed by atoms with E-state index < -0.39 is 6.04 Å². The van der Waals surface area contributed by atoms with Crippen LogP contribution in [0.3, 0.4) is 0 Å². The molecule has 0 aliphatic carbocycles. The molecule has 2 fully saturated rings. The number of hydrogen-bond acceptors (Lipinski definition) is 5. The van der Waals surface area contributed by atoms with Crippen molar-refractivity contribution >= 4 is 17.8 Å². The summed E-state index contributed by atoms with van der Waals surface area (Å²) in [6.45, 7) is 6.44. The van der Waals surface area contributed by atoms with Crippen LogP contribution in [-0.4, -0.2) is 66.9 Å². The van der Waals surface area contributed by atoms with Gasteiger partial charge in [-0.05, 0) is 31.6 Å². The molecular weight excluding hydrogens is 334 g/mol. The summed E-state index contributed by atoms with van der Waals surface area (Å²) < 4.78 is 4.79. The summed E-state index contributed by atoms with van der Waals surface area (Å²) in [4.78, 5) is 40.5. The van der Waals surface area contributed by atoms with Crippen molar-refractivity contribution in [3.8, 4) is 0 Å². The van der Waals surface area contributed by atoms with Crippen LogP contribution in [-0.2, 0) is 19.1 Å². The highest BCUT2D eigenvalue weighted by atomic mass is 16.5. The Labute approximate surface area is 156 Å². The van der Waals surface area contributed by atoms with Crippen molar-refractivity contribution in [2.75, 3.05) is 33.3 Å². The standard InChI is InChI=1S/C19H33N3O4/c1-4-13(2)16(20)18(24)22-9-5-14(6-10-22)17(23)21-11-7-15(8-12-21)19(25)26-3/h13-16H,4-12,20H2,1-3H3/t13?,16-/m0/s1. The molecule has 0 aromatic carbocycles. The Bertz CT molecular complexity index is 509. The monoisotopic (exact) mass is 367 g/mol. The van der Waals surface area contributed by atoms with Gasteiger partial charge in [0, 0.05) is 32.1 Å². The van der Waals surface area contributed by atoms with E-state index in [9.17, 15) is 14.4 Å². The predicted octanol–water partition coefficient (Wildman–Crippen LogP) is 1.01. The van der Waals surface area contributed by atoms with E-state index in [1.165, 1.54) is 7.11 Å². The number of nitrogens with two attached hydrogens (primary N) is 1. The van der Waals surface area contributed by atoms with Crippen molar-refractivity contribution in [1.29, 1.82) is 0 Å². The van der Waals surface area contributed by atoms with E-state index >= 15 is 0 Å². The molecule has 7 heteroatoms. The Hall–Kier alpha value is -1.63. The lowest BCUT2D eigenvalue weighted by molar-refractivity contribution is -0.150. The zero-order chi connectivity index (χ0) is 19.3. The second-order valence-electron chi connectivity index (χ2n) is 7.63. The SMILES string of the molecule is CCC(C)[C@H](N)C(=O)N1CCC(C(=O)N2CCC(C(=O)OC)CC2)CC1. The lowest BCUT2D eigenvalue weighted by Crippen LogP contribution is -2.51. The van der Waals surface area contributed by atoms with E-state index in [1.807, 2.05) is 23.6 Å². The largest absolute Gasteiger partial charge is 0.469 e. The minimum Gasteiger partial charge on any atom is -0.469 e. The summed E-state index contributed by atoms with van der Waals surface area (Å²) >= 11 is 0. The molecule has 0 bridgehead atoms. The molecule has 0 saturated carbocycles. The molecule has 0 spiro atoms. The van der Waals surface area contributed by atoms with Crippen LogP contribution >= 0.6 is 0 Å². The fourth-order valence-corrected chi connectivity index (χ4v) is 3.82. The Morgan fingerprint density at radius 3 is 2.00 bits per heavy atom. The van der Waals surface area contributed by atoms with Crippen molar-refractivity contribution in [2.24, 2.45) is 23.5 Å². The van der Waals surface area contributed by atoms with E-state index in [2.05, 4.69) is 0 Å². The van der Waals surface area contributed by atoms with E-state index in [-0.39, 0.29) is 35.5 Å². The first kappa shape index (κ1) is 20.7. The number of likely N-dealkylation sites (tertiary alicyclic amines) is 2. The second kappa shape index (κ2) is 9.35. The van der Waals surface area contributed by atoms with E-state index in [0.29, 0.717) is 51.9 Å². The fourth-order valence-electron chi connectivity index (χ4n) is 3.82. The molecule has 0 aromatic heterocycles. The first-order chi connectivity index (χ1) is 12.4. The van der Waals surface area contributed by atoms with Gasteiger partial charge < -0.3 is 20.3 Å². The highest BCUT2D eigenvalue weighted by Crippen LogP contribution is 2.25. The van der Waals surface area contributed by atoms with Crippen molar-refractivity contribution in [3.63, 3.8) is 0 Å². The maximum absolute atomic E-state index is 12.7.